The van der Waals surface area contributed by atoms with Crippen molar-refractivity contribution in [3.8, 4) is 11.5 Å². The standard InChI is InChI=1S/C22H22N2O6S/c1-14(2)30-20(25)12-24-21(26)19(31-22(24)27)11-16-4-5-17(18(10-16)28-3)29-13-15-6-8-23-9-7-15/h4-11,14H,12-13H2,1-3H3/b19-11-. The normalized spacial score (nSPS) is 15.0. The summed E-state index contributed by atoms with van der Waals surface area (Å²) in [5.74, 6) is -0.132. The molecule has 1 aliphatic rings. The molecular weight excluding hydrogens is 420 g/mol. The van der Waals surface area contributed by atoms with Crippen LogP contribution in [0.4, 0.5) is 4.79 Å². The fourth-order valence-corrected chi connectivity index (χ4v) is 3.59. The van der Waals surface area contributed by atoms with Gasteiger partial charge in [0.25, 0.3) is 11.1 Å². The highest BCUT2D eigenvalue weighted by Gasteiger charge is 2.36. The molecule has 0 spiro atoms. The predicted molar refractivity (Wildman–Crippen MR) is 115 cm³/mol. The monoisotopic (exact) mass is 442 g/mol. The Hall–Kier alpha value is -3.33. The number of hydrogen-bond donors (Lipinski definition) is 0. The molecule has 2 heterocycles. The van der Waals surface area contributed by atoms with Crippen molar-refractivity contribution in [2.45, 2.75) is 26.6 Å². The molecule has 1 aliphatic heterocycles. The van der Waals surface area contributed by atoms with E-state index in [1.807, 2.05) is 12.1 Å². The number of esters is 1. The lowest BCUT2D eigenvalue weighted by molar-refractivity contribution is -0.149. The van der Waals surface area contributed by atoms with Gasteiger partial charge in [-0.05, 0) is 67.1 Å². The number of ether oxygens (including phenoxy) is 3. The van der Waals surface area contributed by atoms with E-state index in [-0.39, 0.29) is 11.0 Å². The van der Waals surface area contributed by atoms with E-state index < -0.39 is 23.7 Å². The Morgan fingerprint density at radius 3 is 2.58 bits per heavy atom. The molecule has 31 heavy (non-hydrogen) atoms. The van der Waals surface area contributed by atoms with Gasteiger partial charge < -0.3 is 14.2 Å². The SMILES string of the molecule is COc1cc(/C=C2\SC(=O)N(CC(=O)OC(C)C)C2=O)ccc1OCc1ccncc1. The number of carbonyl (C=O) groups excluding carboxylic acids is 3. The third-order valence-electron chi connectivity index (χ3n) is 4.16. The summed E-state index contributed by atoms with van der Waals surface area (Å²) in [6.07, 6.45) is 4.63. The summed E-state index contributed by atoms with van der Waals surface area (Å²) in [4.78, 5) is 41.6. The highest BCUT2D eigenvalue weighted by atomic mass is 32.2. The van der Waals surface area contributed by atoms with Gasteiger partial charge in [-0.1, -0.05) is 6.07 Å². The summed E-state index contributed by atoms with van der Waals surface area (Å²) in [5.41, 5.74) is 1.62. The van der Waals surface area contributed by atoms with Gasteiger partial charge in [0, 0.05) is 12.4 Å². The minimum atomic E-state index is -0.629. The molecule has 3 rings (SSSR count). The maximum atomic E-state index is 12.6. The van der Waals surface area contributed by atoms with Gasteiger partial charge in [0.2, 0.25) is 0 Å². The number of methoxy groups -OCH3 is 1. The third kappa shape index (κ3) is 5.85. The molecule has 9 heteroatoms. The third-order valence-corrected chi connectivity index (χ3v) is 5.06. The van der Waals surface area contributed by atoms with Crippen molar-refractivity contribution in [1.29, 1.82) is 0 Å². The summed E-state index contributed by atoms with van der Waals surface area (Å²) < 4.78 is 16.2. The van der Waals surface area contributed by atoms with Gasteiger partial charge >= 0.3 is 5.97 Å². The zero-order chi connectivity index (χ0) is 22.4. The van der Waals surface area contributed by atoms with E-state index in [2.05, 4.69) is 4.98 Å². The minimum Gasteiger partial charge on any atom is -0.493 e. The van der Waals surface area contributed by atoms with Crippen LogP contribution in [0.3, 0.4) is 0 Å². The Labute approximate surface area is 184 Å². The van der Waals surface area contributed by atoms with Crippen LogP contribution in [-0.2, 0) is 20.9 Å². The number of imide groups is 1. The van der Waals surface area contributed by atoms with E-state index in [0.29, 0.717) is 23.7 Å². The molecule has 1 saturated heterocycles. The number of nitrogens with zero attached hydrogens (tertiary/aromatic N) is 2. The number of amides is 2. The summed E-state index contributed by atoms with van der Waals surface area (Å²) in [5, 5.41) is -0.513. The van der Waals surface area contributed by atoms with Crippen LogP contribution in [0.15, 0.2) is 47.6 Å². The number of aromatic nitrogens is 1. The number of thioether (sulfide) groups is 1. The molecule has 1 fully saturated rings. The van der Waals surface area contributed by atoms with Crippen molar-refractivity contribution in [3.63, 3.8) is 0 Å². The molecule has 1 aromatic heterocycles. The lowest BCUT2D eigenvalue weighted by Gasteiger charge is -2.13. The Balaban J connectivity index is 1.71. The topological polar surface area (TPSA) is 95.0 Å². The van der Waals surface area contributed by atoms with Gasteiger partial charge in [-0.3, -0.25) is 24.3 Å². The van der Waals surface area contributed by atoms with Crippen molar-refractivity contribution in [2.75, 3.05) is 13.7 Å². The van der Waals surface area contributed by atoms with Crippen LogP contribution in [0.5, 0.6) is 11.5 Å². The lowest BCUT2D eigenvalue weighted by Crippen LogP contribution is -2.35. The van der Waals surface area contributed by atoms with Crippen LogP contribution in [-0.4, -0.2) is 46.8 Å². The lowest BCUT2D eigenvalue weighted by atomic mass is 10.2. The molecular formula is C22H22N2O6S. The second-order valence-corrected chi connectivity index (χ2v) is 7.85. The van der Waals surface area contributed by atoms with Crippen LogP contribution in [0, 0.1) is 0 Å². The molecule has 0 atom stereocenters. The van der Waals surface area contributed by atoms with Crippen molar-refractivity contribution in [3.05, 3.63) is 58.8 Å². The van der Waals surface area contributed by atoms with Gasteiger partial charge in [0.05, 0.1) is 18.1 Å². The van der Waals surface area contributed by atoms with Crippen LogP contribution < -0.4 is 9.47 Å². The van der Waals surface area contributed by atoms with E-state index in [1.165, 1.54) is 7.11 Å². The molecule has 0 saturated carbocycles. The van der Waals surface area contributed by atoms with Crippen molar-refractivity contribution >= 4 is 35.0 Å². The Bertz CT molecular complexity index is 1010. The molecule has 0 N–H and O–H groups in total. The van der Waals surface area contributed by atoms with E-state index >= 15 is 0 Å². The summed E-state index contributed by atoms with van der Waals surface area (Å²) in [6.45, 7) is 3.34. The van der Waals surface area contributed by atoms with Gasteiger partial charge in [0.15, 0.2) is 11.5 Å². The van der Waals surface area contributed by atoms with Crippen molar-refractivity contribution in [1.82, 2.24) is 9.88 Å². The smallest absolute Gasteiger partial charge is 0.326 e. The van der Waals surface area contributed by atoms with Crippen molar-refractivity contribution in [2.24, 2.45) is 0 Å². The molecule has 8 nitrogen and oxygen atoms in total. The Morgan fingerprint density at radius 1 is 1.16 bits per heavy atom. The van der Waals surface area contributed by atoms with Crippen LogP contribution in [0.25, 0.3) is 6.08 Å². The summed E-state index contributed by atoms with van der Waals surface area (Å²) in [7, 11) is 1.52. The van der Waals surface area contributed by atoms with Gasteiger partial charge in [-0.2, -0.15) is 0 Å². The molecule has 1 aromatic carbocycles. The summed E-state index contributed by atoms with van der Waals surface area (Å²) >= 11 is 0.775. The average molecular weight is 442 g/mol. The van der Waals surface area contributed by atoms with Crippen LogP contribution in [0.1, 0.15) is 25.0 Å². The first-order valence-electron chi connectivity index (χ1n) is 9.52. The largest absolute Gasteiger partial charge is 0.493 e. The predicted octanol–water partition coefficient (Wildman–Crippen LogP) is 3.66. The summed E-state index contributed by atoms with van der Waals surface area (Å²) in [6, 6.07) is 8.91. The molecule has 0 bridgehead atoms. The van der Waals surface area contributed by atoms with Crippen LogP contribution in [0.2, 0.25) is 0 Å². The molecule has 2 amide bonds. The highest BCUT2D eigenvalue weighted by molar-refractivity contribution is 8.18. The maximum absolute atomic E-state index is 12.6. The fourth-order valence-electron chi connectivity index (χ4n) is 2.75. The number of hydrogen-bond acceptors (Lipinski definition) is 8. The number of rotatable bonds is 8. The number of pyridine rings is 1. The zero-order valence-electron chi connectivity index (χ0n) is 17.4. The second-order valence-electron chi connectivity index (χ2n) is 6.86. The molecule has 0 aliphatic carbocycles. The van der Waals surface area contributed by atoms with Gasteiger partial charge in [0.1, 0.15) is 13.2 Å². The zero-order valence-corrected chi connectivity index (χ0v) is 18.2. The highest BCUT2D eigenvalue weighted by Crippen LogP contribution is 2.34. The first-order chi connectivity index (χ1) is 14.9. The van der Waals surface area contributed by atoms with E-state index in [9.17, 15) is 14.4 Å². The van der Waals surface area contributed by atoms with E-state index in [4.69, 9.17) is 14.2 Å². The average Bonchev–Trinajstić information content (AvgIpc) is 3.00. The van der Waals surface area contributed by atoms with Crippen LogP contribution >= 0.6 is 11.8 Å². The van der Waals surface area contributed by atoms with Gasteiger partial charge in [-0.25, -0.2) is 0 Å². The fraction of sp³-hybridized carbons (Fsp3) is 0.273. The molecule has 2 aromatic rings. The molecule has 162 valence electrons. The first-order valence-corrected chi connectivity index (χ1v) is 10.3. The second kappa shape index (κ2) is 10.1. The minimum absolute atomic E-state index is 0.217. The molecule has 0 unspecified atom stereocenters. The number of benzene rings is 1. The van der Waals surface area contributed by atoms with Crippen molar-refractivity contribution < 1.29 is 28.6 Å². The quantitative estimate of drug-likeness (QED) is 0.452. The van der Waals surface area contributed by atoms with E-state index in [0.717, 1.165) is 22.2 Å². The molecule has 0 radical (unpaired) electrons. The van der Waals surface area contributed by atoms with E-state index in [1.54, 1.807) is 50.5 Å². The maximum Gasteiger partial charge on any atom is 0.326 e. The Morgan fingerprint density at radius 2 is 1.90 bits per heavy atom. The number of carbonyl (C=O) groups is 3. The first kappa shape index (κ1) is 22.4. The Kier molecular flexibility index (Phi) is 7.30. The van der Waals surface area contributed by atoms with Gasteiger partial charge in [-0.15, -0.1) is 0 Å².